The minimum absolute atomic E-state index is 0.00914. The van der Waals surface area contributed by atoms with E-state index < -0.39 is 40.7 Å². The molecule has 2 aromatic rings. The molecular weight excluding hydrogens is 323 g/mol. The second-order valence-electron chi connectivity index (χ2n) is 4.24. The molecule has 2 rings (SSSR count). The minimum Gasteiger partial charge on any atom is -0.478 e. The molecule has 9 heteroatoms. The Kier molecular flexibility index (Phi) is 4.58. The summed E-state index contributed by atoms with van der Waals surface area (Å²) in [5.41, 5.74) is 0.789. The van der Waals surface area contributed by atoms with E-state index in [1.54, 1.807) is 5.43 Å². The summed E-state index contributed by atoms with van der Waals surface area (Å²) in [5, 5.41) is 12.1. The second kappa shape index (κ2) is 6.42. The maximum Gasteiger partial charge on any atom is 0.335 e. The van der Waals surface area contributed by atoms with Gasteiger partial charge in [-0.05, 0) is 17.7 Å². The van der Waals surface area contributed by atoms with Gasteiger partial charge in [0.05, 0.1) is 11.8 Å². The van der Waals surface area contributed by atoms with Crippen molar-refractivity contribution in [3.05, 3.63) is 64.5 Å². The number of benzene rings is 2. The lowest BCUT2D eigenvalue weighted by Gasteiger charge is -2.06. The van der Waals surface area contributed by atoms with E-state index in [9.17, 15) is 26.7 Å². The van der Waals surface area contributed by atoms with Gasteiger partial charge in [0.15, 0.2) is 23.3 Å². The van der Waals surface area contributed by atoms with Crippen LogP contribution >= 0.6 is 0 Å². The number of aromatic carboxylic acids is 1. The van der Waals surface area contributed by atoms with Gasteiger partial charge >= 0.3 is 5.97 Å². The molecule has 0 aliphatic rings. The van der Waals surface area contributed by atoms with Crippen molar-refractivity contribution < 1.29 is 31.9 Å². The standard InChI is InChI=1S/C14H7F5N2O2/c15-8-9(16)11(18)13(12(19)10(8)17)21-20-5-6-1-3-7(4-2-6)14(22)23/h1-5,21H,(H,22,23)/b20-5-. The molecule has 0 fully saturated rings. The normalized spacial score (nSPS) is 11.0. The number of hydrogen-bond donors (Lipinski definition) is 2. The number of carboxylic acids is 1. The zero-order chi connectivity index (χ0) is 17.1. The summed E-state index contributed by atoms with van der Waals surface area (Å²) in [6, 6.07) is 5.19. The van der Waals surface area contributed by atoms with Crippen LogP contribution in [-0.4, -0.2) is 17.3 Å². The van der Waals surface area contributed by atoms with E-state index >= 15 is 0 Å². The highest BCUT2D eigenvalue weighted by atomic mass is 19.2. The summed E-state index contributed by atoms with van der Waals surface area (Å²) in [6.45, 7) is 0. The predicted molar refractivity (Wildman–Crippen MR) is 70.8 cm³/mol. The van der Waals surface area contributed by atoms with Crippen LogP contribution < -0.4 is 5.43 Å². The van der Waals surface area contributed by atoms with E-state index in [0.717, 1.165) is 6.21 Å². The van der Waals surface area contributed by atoms with Crippen molar-refractivity contribution in [3.63, 3.8) is 0 Å². The van der Waals surface area contributed by atoms with Crippen LogP contribution in [0.2, 0.25) is 0 Å². The first-order chi connectivity index (χ1) is 10.8. The molecule has 0 unspecified atom stereocenters. The number of rotatable bonds is 4. The molecule has 0 amide bonds. The average molecular weight is 330 g/mol. The van der Waals surface area contributed by atoms with Crippen molar-refractivity contribution in [2.24, 2.45) is 5.10 Å². The van der Waals surface area contributed by atoms with Crippen molar-refractivity contribution in [2.45, 2.75) is 0 Å². The topological polar surface area (TPSA) is 61.7 Å². The fourth-order valence-corrected chi connectivity index (χ4v) is 1.59. The van der Waals surface area contributed by atoms with E-state index in [2.05, 4.69) is 5.10 Å². The van der Waals surface area contributed by atoms with Crippen molar-refractivity contribution in [1.29, 1.82) is 0 Å². The largest absolute Gasteiger partial charge is 0.478 e. The van der Waals surface area contributed by atoms with Crippen molar-refractivity contribution in [1.82, 2.24) is 0 Å². The molecule has 0 atom stereocenters. The van der Waals surface area contributed by atoms with Gasteiger partial charge in [-0.2, -0.15) is 5.10 Å². The first-order valence-electron chi connectivity index (χ1n) is 5.96. The third kappa shape index (κ3) is 3.28. The SMILES string of the molecule is O=C(O)c1ccc(/C=N\Nc2c(F)c(F)c(F)c(F)c2F)cc1. The molecule has 0 radical (unpaired) electrons. The predicted octanol–water partition coefficient (Wildman–Crippen LogP) is 3.53. The zero-order valence-corrected chi connectivity index (χ0v) is 11.1. The van der Waals surface area contributed by atoms with Crippen molar-refractivity contribution in [2.75, 3.05) is 5.43 Å². The fourth-order valence-electron chi connectivity index (χ4n) is 1.59. The lowest BCUT2D eigenvalue weighted by molar-refractivity contribution is 0.0697. The molecule has 4 nitrogen and oxygen atoms in total. The van der Waals surface area contributed by atoms with Gasteiger partial charge in [-0.1, -0.05) is 12.1 Å². The van der Waals surface area contributed by atoms with E-state index in [1.165, 1.54) is 24.3 Å². The Labute approximate surface area is 125 Å². The maximum atomic E-state index is 13.3. The van der Waals surface area contributed by atoms with Gasteiger partial charge in [0, 0.05) is 0 Å². The van der Waals surface area contributed by atoms with Crippen LogP contribution in [-0.2, 0) is 0 Å². The summed E-state index contributed by atoms with van der Waals surface area (Å²) in [4.78, 5) is 10.6. The van der Waals surface area contributed by atoms with Crippen LogP contribution in [0.4, 0.5) is 27.6 Å². The molecular formula is C14H7F5N2O2. The quantitative estimate of drug-likeness (QED) is 0.296. The summed E-state index contributed by atoms with van der Waals surface area (Å²) < 4.78 is 65.5. The molecule has 23 heavy (non-hydrogen) atoms. The molecule has 0 saturated carbocycles. The lowest BCUT2D eigenvalue weighted by Crippen LogP contribution is -2.06. The van der Waals surface area contributed by atoms with Crippen LogP contribution in [0, 0.1) is 29.1 Å². The molecule has 0 heterocycles. The van der Waals surface area contributed by atoms with Gasteiger partial charge in [-0.15, -0.1) is 0 Å². The number of nitrogens with one attached hydrogen (secondary N) is 1. The summed E-state index contributed by atoms with van der Waals surface area (Å²) in [6.07, 6.45) is 1.02. The Balaban J connectivity index is 2.22. The number of carboxylic acid groups (broad SMARTS) is 1. The van der Waals surface area contributed by atoms with Gasteiger partial charge in [-0.25, -0.2) is 26.7 Å². The van der Waals surface area contributed by atoms with Crippen LogP contribution in [0.1, 0.15) is 15.9 Å². The monoisotopic (exact) mass is 330 g/mol. The molecule has 2 N–H and O–H groups in total. The molecule has 0 aliphatic carbocycles. The number of hydrazone groups is 1. The zero-order valence-electron chi connectivity index (χ0n) is 11.1. The van der Waals surface area contributed by atoms with E-state index in [0.29, 0.717) is 5.56 Å². The number of hydrogen-bond acceptors (Lipinski definition) is 3. The number of nitrogens with zero attached hydrogens (tertiary/aromatic N) is 1. The maximum absolute atomic E-state index is 13.3. The molecule has 0 aromatic heterocycles. The van der Waals surface area contributed by atoms with Gasteiger partial charge in [0.1, 0.15) is 5.69 Å². The van der Waals surface area contributed by atoms with Crippen LogP contribution in [0.3, 0.4) is 0 Å². The lowest BCUT2D eigenvalue weighted by atomic mass is 10.1. The molecule has 2 aromatic carbocycles. The van der Waals surface area contributed by atoms with Crippen molar-refractivity contribution >= 4 is 17.9 Å². The molecule has 0 bridgehead atoms. The number of carbonyl (C=O) groups is 1. The summed E-state index contributed by atoms with van der Waals surface area (Å²) in [5.74, 6) is -11.7. The molecule has 0 spiro atoms. The number of anilines is 1. The van der Waals surface area contributed by atoms with E-state index in [4.69, 9.17) is 5.11 Å². The molecule has 0 saturated heterocycles. The smallest absolute Gasteiger partial charge is 0.335 e. The molecule has 120 valence electrons. The van der Waals surface area contributed by atoms with Crippen LogP contribution in [0.5, 0.6) is 0 Å². The first-order valence-corrected chi connectivity index (χ1v) is 5.96. The fraction of sp³-hybridized carbons (Fsp3) is 0. The minimum atomic E-state index is -2.27. The Morgan fingerprint density at radius 2 is 1.39 bits per heavy atom. The highest BCUT2D eigenvalue weighted by Crippen LogP contribution is 2.26. The van der Waals surface area contributed by atoms with E-state index in [1.807, 2.05) is 0 Å². The average Bonchev–Trinajstić information content (AvgIpc) is 2.54. The molecule has 0 aliphatic heterocycles. The highest BCUT2D eigenvalue weighted by molar-refractivity contribution is 5.89. The summed E-state index contributed by atoms with van der Waals surface area (Å²) >= 11 is 0. The van der Waals surface area contributed by atoms with Gasteiger partial charge in [0.2, 0.25) is 5.82 Å². The highest BCUT2D eigenvalue weighted by Gasteiger charge is 2.25. The Morgan fingerprint density at radius 1 is 0.913 bits per heavy atom. The van der Waals surface area contributed by atoms with Crippen LogP contribution in [0.25, 0.3) is 0 Å². The summed E-state index contributed by atoms with van der Waals surface area (Å²) in [7, 11) is 0. The van der Waals surface area contributed by atoms with Gasteiger partial charge in [-0.3, -0.25) is 5.43 Å². The first kappa shape index (κ1) is 16.4. The van der Waals surface area contributed by atoms with Crippen molar-refractivity contribution in [3.8, 4) is 0 Å². The third-order valence-corrected chi connectivity index (χ3v) is 2.76. The van der Waals surface area contributed by atoms with Gasteiger partial charge in [0.25, 0.3) is 0 Å². The third-order valence-electron chi connectivity index (χ3n) is 2.76. The van der Waals surface area contributed by atoms with Gasteiger partial charge < -0.3 is 5.11 Å². The Hall–Kier alpha value is -2.97. The Morgan fingerprint density at radius 3 is 1.87 bits per heavy atom. The van der Waals surface area contributed by atoms with E-state index in [-0.39, 0.29) is 5.56 Å². The second-order valence-corrected chi connectivity index (χ2v) is 4.24. The van der Waals surface area contributed by atoms with Crippen LogP contribution in [0.15, 0.2) is 29.4 Å². The Bertz CT molecular complexity index is 762. The number of halogens is 5.